The van der Waals surface area contributed by atoms with Crippen LogP contribution in [0.2, 0.25) is 0 Å². The quantitative estimate of drug-likeness (QED) is 0.881. The van der Waals surface area contributed by atoms with Crippen molar-refractivity contribution >= 4 is 0 Å². The summed E-state index contributed by atoms with van der Waals surface area (Å²) in [5.41, 5.74) is 2.18. The first-order valence-electron chi connectivity index (χ1n) is 5.40. The molecule has 0 aliphatic rings. The maximum absolute atomic E-state index is 13.1. The molecular weight excluding hydrogens is 219 g/mol. The van der Waals surface area contributed by atoms with Crippen LogP contribution >= 0.6 is 0 Å². The van der Waals surface area contributed by atoms with Crippen molar-refractivity contribution in [3.63, 3.8) is 0 Å². The second kappa shape index (κ2) is 5.01. The van der Waals surface area contributed by atoms with Crippen LogP contribution in [-0.2, 0) is 6.42 Å². The molecule has 0 amide bonds. The first-order valence-corrected chi connectivity index (χ1v) is 5.40. The summed E-state index contributed by atoms with van der Waals surface area (Å²) in [5, 5.41) is 8.83. The molecule has 0 atom stereocenters. The van der Waals surface area contributed by atoms with Gasteiger partial charge in [-0.1, -0.05) is 0 Å². The van der Waals surface area contributed by atoms with Gasteiger partial charge in [-0.05, 0) is 36.8 Å². The molecule has 88 valence electrons. The lowest BCUT2D eigenvalue weighted by atomic mass is 10.1. The van der Waals surface area contributed by atoms with Crippen LogP contribution < -0.4 is 0 Å². The predicted octanol–water partition coefficient (Wildman–Crippen LogP) is 2.13. The fourth-order valence-electron chi connectivity index (χ4n) is 1.58. The summed E-state index contributed by atoms with van der Waals surface area (Å²) in [6.45, 7) is 1.74. The molecule has 0 unspecified atom stereocenters. The highest BCUT2D eigenvalue weighted by Crippen LogP contribution is 2.19. The molecule has 0 aliphatic carbocycles. The van der Waals surface area contributed by atoms with Crippen molar-refractivity contribution in [1.82, 2.24) is 9.97 Å². The van der Waals surface area contributed by atoms with E-state index >= 15 is 0 Å². The maximum Gasteiger partial charge on any atom is 0.131 e. The van der Waals surface area contributed by atoms with Crippen LogP contribution in [0.4, 0.5) is 4.39 Å². The molecule has 1 aromatic heterocycles. The third kappa shape index (κ3) is 2.65. The summed E-state index contributed by atoms with van der Waals surface area (Å²) in [4.78, 5) is 8.36. The van der Waals surface area contributed by atoms with Crippen molar-refractivity contribution in [2.24, 2.45) is 0 Å². The number of hydrogen-bond acceptors (Lipinski definition) is 3. The van der Waals surface area contributed by atoms with E-state index in [1.807, 2.05) is 0 Å². The van der Waals surface area contributed by atoms with Gasteiger partial charge in [0.15, 0.2) is 0 Å². The number of nitrogens with zero attached hydrogens (tertiary/aromatic N) is 2. The number of aliphatic hydroxyl groups excluding tert-OH is 1. The minimum Gasteiger partial charge on any atom is -0.396 e. The molecule has 1 N–H and O–H groups in total. The van der Waals surface area contributed by atoms with E-state index in [0.717, 1.165) is 11.3 Å². The number of halogens is 1. The largest absolute Gasteiger partial charge is 0.396 e. The number of aliphatic hydroxyl groups is 1. The second-order valence-electron chi connectivity index (χ2n) is 3.80. The second-order valence-corrected chi connectivity index (χ2v) is 3.80. The summed E-state index contributed by atoms with van der Waals surface area (Å²) in [5.74, 6) is 0.366. The maximum atomic E-state index is 13.1. The standard InChI is InChI=1S/C13H13FN2O/c1-9-8-10(2-3-11(9)14)12-4-6-15-13(16-12)5-7-17/h2-4,6,8,17H,5,7H2,1H3. The van der Waals surface area contributed by atoms with Gasteiger partial charge in [-0.15, -0.1) is 0 Å². The minimum atomic E-state index is -0.224. The molecule has 1 heterocycles. The first-order chi connectivity index (χ1) is 8.20. The van der Waals surface area contributed by atoms with Crippen molar-refractivity contribution < 1.29 is 9.50 Å². The van der Waals surface area contributed by atoms with Crippen LogP contribution in [-0.4, -0.2) is 21.7 Å². The molecule has 2 aromatic rings. The van der Waals surface area contributed by atoms with Gasteiger partial charge in [0.05, 0.1) is 12.3 Å². The number of rotatable bonds is 3. The Hall–Kier alpha value is -1.81. The molecule has 0 saturated heterocycles. The van der Waals surface area contributed by atoms with E-state index in [2.05, 4.69) is 9.97 Å². The Kier molecular flexibility index (Phi) is 3.44. The Balaban J connectivity index is 2.38. The average molecular weight is 232 g/mol. The summed E-state index contributed by atoms with van der Waals surface area (Å²) in [6, 6.07) is 6.64. The Labute approximate surface area is 99.0 Å². The summed E-state index contributed by atoms with van der Waals surface area (Å²) in [7, 11) is 0. The van der Waals surface area contributed by atoms with Gasteiger partial charge in [-0.3, -0.25) is 0 Å². The van der Waals surface area contributed by atoms with E-state index in [4.69, 9.17) is 5.11 Å². The smallest absolute Gasteiger partial charge is 0.131 e. The summed E-state index contributed by atoms with van der Waals surface area (Å²) in [6.07, 6.45) is 2.07. The number of benzene rings is 1. The zero-order chi connectivity index (χ0) is 12.3. The number of hydrogen-bond donors (Lipinski definition) is 1. The molecule has 0 bridgehead atoms. The molecule has 1 aromatic carbocycles. The third-order valence-electron chi connectivity index (χ3n) is 2.49. The van der Waals surface area contributed by atoms with Crippen molar-refractivity contribution in [1.29, 1.82) is 0 Å². The van der Waals surface area contributed by atoms with Gasteiger partial charge in [0, 0.05) is 18.2 Å². The average Bonchev–Trinajstić information content (AvgIpc) is 2.33. The molecule has 4 heteroatoms. The highest BCUT2D eigenvalue weighted by molar-refractivity contribution is 5.59. The van der Waals surface area contributed by atoms with Gasteiger partial charge >= 0.3 is 0 Å². The lowest BCUT2D eigenvalue weighted by Crippen LogP contribution is -1.99. The van der Waals surface area contributed by atoms with Gasteiger partial charge in [-0.25, -0.2) is 14.4 Å². The molecule has 0 saturated carbocycles. The normalized spacial score (nSPS) is 10.5. The topological polar surface area (TPSA) is 46.0 Å². The van der Waals surface area contributed by atoms with Crippen LogP contribution in [0.25, 0.3) is 11.3 Å². The zero-order valence-electron chi connectivity index (χ0n) is 9.52. The fourth-order valence-corrected chi connectivity index (χ4v) is 1.58. The summed E-state index contributed by atoms with van der Waals surface area (Å²) >= 11 is 0. The van der Waals surface area contributed by atoms with Gasteiger partial charge in [0.1, 0.15) is 11.6 Å². The van der Waals surface area contributed by atoms with Crippen LogP contribution in [0.3, 0.4) is 0 Å². The lowest BCUT2D eigenvalue weighted by Gasteiger charge is -2.04. The van der Waals surface area contributed by atoms with E-state index in [0.29, 0.717) is 17.8 Å². The predicted molar refractivity (Wildman–Crippen MR) is 63.0 cm³/mol. The van der Waals surface area contributed by atoms with E-state index in [-0.39, 0.29) is 12.4 Å². The Bertz CT molecular complexity index is 529. The van der Waals surface area contributed by atoms with Crippen molar-refractivity contribution in [3.8, 4) is 11.3 Å². The molecule has 17 heavy (non-hydrogen) atoms. The SMILES string of the molecule is Cc1cc(-c2ccnc(CCO)n2)ccc1F. The molecule has 3 nitrogen and oxygen atoms in total. The van der Waals surface area contributed by atoms with Crippen LogP contribution in [0.5, 0.6) is 0 Å². The van der Waals surface area contributed by atoms with Crippen LogP contribution in [0.1, 0.15) is 11.4 Å². The zero-order valence-corrected chi connectivity index (χ0v) is 9.52. The lowest BCUT2D eigenvalue weighted by molar-refractivity contribution is 0.296. The van der Waals surface area contributed by atoms with E-state index in [1.54, 1.807) is 31.3 Å². The molecule has 0 radical (unpaired) electrons. The number of aryl methyl sites for hydroxylation is 1. The minimum absolute atomic E-state index is 0.0197. The monoisotopic (exact) mass is 232 g/mol. The molecular formula is C13H13FN2O. The highest BCUT2D eigenvalue weighted by atomic mass is 19.1. The van der Waals surface area contributed by atoms with Crippen molar-refractivity contribution in [2.75, 3.05) is 6.61 Å². The molecule has 2 rings (SSSR count). The molecule has 0 aliphatic heterocycles. The van der Waals surface area contributed by atoms with Crippen LogP contribution in [0.15, 0.2) is 30.5 Å². The third-order valence-corrected chi connectivity index (χ3v) is 2.49. The van der Waals surface area contributed by atoms with E-state index in [9.17, 15) is 4.39 Å². The van der Waals surface area contributed by atoms with E-state index < -0.39 is 0 Å². The Morgan fingerprint density at radius 2 is 2.12 bits per heavy atom. The van der Waals surface area contributed by atoms with Gasteiger partial charge in [0.2, 0.25) is 0 Å². The Morgan fingerprint density at radius 3 is 2.82 bits per heavy atom. The summed E-state index contributed by atoms with van der Waals surface area (Å²) < 4.78 is 13.1. The highest BCUT2D eigenvalue weighted by Gasteiger charge is 2.04. The number of aromatic nitrogens is 2. The van der Waals surface area contributed by atoms with Gasteiger partial charge in [0.25, 0.3) is 0 Å². The van der Waals surface area contributed by atoms with Crippen molar-refractivity contribution in [3.05, 3.63) is 47.7 Å². The van der Waals surface area contributed by atoms with Gasteiger partial charge < -0.3 is 5.11 Å². The first kappa shape index (κ1) is 11.7. The van der Waals surface area contributed by atoms with Gasteiger partial charge in [-0.2, -0.15) is 0 Å². The molecule has 0 spiro atoms. The van der Waals surface area contributed by atoms with E-state index in [1.165, 1.54) is 6.07 Å². The Morgan fingerprint density at radius 1 is 1.29 bits per heavy atom. The van der Waals surface area contributed by atoms with Crippen molar-refractivity contribution in [2.45, 2.75) is 13.3 Å². The van der Waals surface area contributed by atoms with Crippen LogP contribution in [0, 0.1) is 12.7 Å². The molecule has 0 fully saturated rings. The fraction of sp³-hybridized carbons (Fsp3) is 0.231.